The summed E-state index contributed by atoms with van der Waals surface area (Å²) in [5.41, 5.74) is 1.21. The third kappa shape index (κ3) is 4.44. The van der Waals surface area contributed by atoms with Gasteiger partial charge in [-0.2, -0.15) is 0 Å². The number of rotatable bonds is 6. The lowest BCUT2D eigenvalue weighted by atomic mass is 10.2. The molecular formula is C13H19BrClN. The Morgan fingerprint density at radius 2 is 2.06 bits per heavy atom. The fourth-order valence-corrected chi connectivity index (χ4v) is 2.35. The largest absolute Gasteiger partial charge is 0.299 e. The zero-order valence-corrected chi connectivity index (χ0v) is 12.3. The zero-order chi connectivity index (χ0) is 12.0. The van der Waals surface area contributed by atoms with Crippen LogP contribution in [0.25, 0.3) is 0 Å². The summed E-state index contributed by atoms with van der Waals surface area (Å²) in [6.45, 7) is 7.59. The minimum atomic E-state index is 0.851. The molecule has 0 spiro atoms. The minimum Gasteiger partial charge on any atom is -0.299 e. The Hall–Kier alpha value is -0.0500. The van der Waals surface area contributed by atoms with Crippen LogP contribution in [0.3, 0.4) is 0 Å². The molecule has 0 unspecified atom stereocenters. The third-order valence-corrected chi connectivity index (χ3v) is 3.53. The molecule has 0 aliphatic rings. The molecule has 1 rings (SSSR count). The van der Waals surface area contributed by atoms with E-state index in [-0.39, 0.29) is 0 Å². The summed E-state index contributed by atoms with van der Waals surface area (Å²) in [6, 6.07) is 6.11. The molecule has 0 aromatic heterocycles. The molecule has 1 nitrogen and oxygen atoms in total. The van der Waals surface area contributed by atoms with Gasteiger partial charge in [-0.25, -0.2) is 0 Å². The Kier molecular flexibility index (Phi) is 6.40. The normalized spacial score (nSPS) is 11.1. The predicted molar refractivity (Wildman–Crippen MR) is 75.0 cm³/mol. The highest BCUT2D eigenvalue weighted by Crippen LogP contribution is 2.22. The molecule has 0 radical (unpaired) electrons. The molecule has 0 atom stereocenters. The number of nitrogens with zero attached hydrogens (tertiary/aromatic N) is 1. The van der Waals surface area contributed by atoms with Crippen molar-refractivity contribution in [3.63, 3.8) is 0 Å². The van der Waals surface area contributed by atoms with E-state index < -0.39 is 0 Å². The summed E-state index contributed by atoms with van der Waals surface area (Å²) in [4.78, 5) is 2.43. The van der Waals surface area contributed by atoms with Gasteiger partial charge in [-0.15, -0.1) is 0 Å². The van der Waals surface area contributed by atoms with Crippen LogP contribution in [0.2, 0.25) is 5.02 Å². The van der Waals surface area contributed by atoms with Crippen molar-refractivity contribution in [3.05, 3.63) is 33.3 Å². The maximum absolute atomic E-state index is 6.21. The molecule has 0 saturated heterocycles. The van der Waals surface area contributed by atoms with Crippen molar-refractivity contribution in [2.24, 2.45) is 0 Å². The highest BCUT2D eigenvalue weighted by Gasteiger charge is 2.06. The summed E-state index contributed by atoms with van der Waals surface area (Å²) in [5, 5.41) is 0.851. The Labute approximate surface area is 112 Å². The molecule has 3 heteroatoms. The molecule has 0 bridgehead atoms. The lowest BCUT2D eigenvalue weighted by Crippen LogP contribution is -2.24. The van der Waals surface area contributed by atoms with Crippen molar-refractivity contribution < 1.29 is 0 Å². The molecule has 0 heterocycles. The topological polar surface area (TPSA) is 3.24 Å². The molecule has 16 heavy (non-hydrogen) atoms. The van der Waals surface area contributed by atoms with Gasteiger partial charge in [-0.05, 0) is 37.2 Å². The second kappa shape index (κ2) is 7.31. The van der Waals surface area contributed by atoms with E-state index in [0.717, 1.165) is 29.1 Å². The van der Waals surface area contributed by atoms with Crippen LogP contribution in [0.1, 0.15) is 32.3 Å². The highest BCUT2D eigenvalue weighted by molar-refractivity contribution is 9.10. The molecule has 1 aromatic carbocycles. The molecule has 0 N–H and O–H groups in total. The maximum Gasteiger partial charge on any atom is 0.0462 e. The Morgan fingerprint density at radius 3 is 2.62 bits per heavy atom. The van der Waals surface area contributed by atoms with E-state index in [1.165, 1.54) is 18.4 Å². The minimum absolute atomic E-state index is 0.851. The second-order valence-corrected chi connectivity index (χ2v) is 5.28. The summed E-state index contributed by atoms with van der Waals surface area (Å²) >= 11 is 9.63. The van der Waals surface area contributed by atoms with Crippen LogP contribution in [0, 0.1) is 0 Å². The van der Waals surface area contributed by atoms with E-state index >= 15 is 0 Å². The van der Waals surface area contributed by atoms with Crippen molar-refractivity contribution in [3.8, 4) is 0 Å². The first kappa shape index (κ1) is 14.0. The van der Waals surface area contributed by atoms with Crippen LogP contribution in [0.15, 0.2) is 22.7 Å². The average Bonchev–Trinajstić information content (AvgIpc) is 2.27. The van der Waals surface area contributed by atoms with Crippen molar-refractivity contribution in [1.29, 1.82) is 0 Å². The standard InChI is InChI=1S/C13H19BrClN/c1-3-5-8-16(4-2)10-11-6-7-12(14)9-13(11)15/h6-7,9H,3-5,8,10H2,1-2H3. The van der Waals surface area contributed by atoms with Crippen molar-refractivity contribution in [2.75, 3.05) is 13.1 Å². The number of hydrogen-bond donors (Lipinski definition) is 0. The fourth-order valence-electron chi connectivity index (χ4n) is 1.62. The first-order valence-corrected chi connectivity index (χ1v) is 7.00. The Balaban J connectivity index is 2.62. The van der Waals surface area contributed by atoms with Crippen molar-refractivity contribution in [1.82, 2.24) is 4.90 Å². The van der Waals surface area contributed by atoms with Gasteiger partial charge in [0.25, 0.3) is 0 Å². The van der Waals surface area contributed by atoms with Gasteiger partial charge < -0.3 is 0 Å². The van der Waals surface area contributed by atoms with Gasteiger partial charge in [-0.1, -0.05) is 53.9 Å². The molecular weight excluding hydrogens is 286 g/mol. The molecule has 90 valence electrons. The molecule has 1 aromatic rings. The Morgan fingerprint density at radius 1 is 1.31 bits per heavy atom. The van der Waals surface area contributed by atoms with Gasteiger partial charge in [0, 0.05) is 16.0 Å². The van der Waals surface area contributed by atoms with E-state index in [1.807, 2.05) is 6.07 Å². The summed E-state index contributed by atoms with van der Waals surface area (Å²) in [6.07, 6.45) is 2.49. The van der Waals surface area contributed by atoms with Gasteiger partial charge >= 0.3 is 0 Å². The monoisotopic (exact) mass is 303 g/mol. The summed E-state index contributed by atoms with van der Waals surface area (Å²) < 4.78 is 1.04. The average molecular weight is 305 g/mol. The summed E-state index contributed by atoms with van der Waals surface area (Å²) in [5.74, 6) is 0. The molecule has 0 aliphatic carbocycles. The van der Waals surface area contributed by atoms with Gasteiger partial charge in [0.05, 0.1) is 0 Å². The fraction of sp³-hybridized carbons (Fsp3) is 0.538. The van der Waals surface area contributed by atoms with Gasteiger partial charge in [0.15, 0.2) is 0 Å². The number of unbranched alkanes of at least 4 members (excludes halogenated alkanes) is 1. The van der Waals surface area contributed by atoms with Crippen LogP contribution in [0.4, 0.5) is 0 Å². The maximum atomic E-state index is 6.21. The first-order chi connectivity index (χ1) is 7.67. The van der Waals surface area contributed by atoms with E-state index in [2.05, 4.69) is 46.8 Å². The van der Waals surface area contributed by atoms with Crippen molar-refractivity contribution >= 4 is 27.5 Å². The zero-order valence-electron chi connectivity index (χ0n) is 9.97. The number of benzene rings is 1. The number of halogens is 2. The number of hydrogen-bond acceptors (Lipinski definition) is 1. The van der Waals surface area contributed by atoms with Crippen LogP contribution in [-0.4, -0.2) is 18.0 Å². The van der Waals surface area contributed by atoms with Crippen LogP contribution in [0.5, 0.6) is 0 Å². The molecule has 0 amide bonds. The Bertz CT molecular complexity index is 328. The van der Waals surface area contributed by atoms with Crippen molar-refractivity contribution in [2.45, 2.75) is 33.2 Å². The SMILES string of the molecule is CCCCN(CC)Cc1ccc(Br)cc1Cl. The lowest BCUT2D eigenvalue weighted by Gasteiger charge is -2.20. The smallest absolute Gasteiger partial charge is 0.0462 e. The van der Waals surface area contributed by atoms with E-state index in [0.29, 0.717) is 0 Å². The van der Waals surface area contributed by atoms with E-state index in [4.69, 9.17) is 11.6 Å². The quantitative estimate of drug-likeness (QED) is 0.735. The molecule has 0 fully saturated rings. The van der Waals surface area contributed by atoms with Gasteiger partial charge in [-0.3, -0.25) is 4.90 Å². The van der Waals surface area contributed by atoms with E-state index in [1.54, 1.807) is 0 Å². The third-order valence-electron chi connectivity index (χ3n) is 2.68. The predicted octanol–water partition coefficient (Wildman–Crippen LogP) is 4.72. The molecule has 0 saturated carbocycles. The van der Waals surface area contributed by atoms with E-state index in [9.17, 15) is 0 Å². The summed E-state index contributed by atoms with van der Waals surface area (Å²) in [7, 11) is 0. The van der Waals surface area contributed by atoms with Crippen LogP contribution >= 0.6 is 27.5 Å². The second-order valence-electron chi connectivity index (χ2n) is 3.96. The van der Waals surface area contributed by atoms with Gasteiger partial charge in [0.2, 0.25) is 0 Å². The first-order valence-electron chi connectivity index (χ1n) is 5.83. The molecule has 0 aliphatic heterocycles. The van der Waals surface area contributed by atoms with Crippen LogP contribution in [-0.2, 0) is 6.54 Å². The highest BCUT2D eigenvalue weighted by atomic mass is 79.9. The van der Waals surface area contributed by atoms with Gasteiger partial charge in [0.1, 0.15) is 0 Å². The lowest BCUT2D eigenvalue weighted by molar-refractivity contribution is 0.275. The van der Waals surface area contributed by atoms with Crippen LogP contribution < -0.4 is 0 Å².